The number of carbonyl (C=O) groups is 2. The second-order valence-corrected chi connectivity index (χ2v) is 11.2. The summed E-state index contributed by atoms with van der Waals surface area (Å²) in [5.41, 5.74) is 2.30. The van der Waals surface area contributed by atoms with E-state index in [-0.39, 0.29) is 22.5 Å². The zero-order valence-electron chi connectivity index (χ0n) is 20.2. The number of nitrogens with zero attached hydrogens (tertiary/aromatic N) is 1. The van der Waals surface area contributed by atoms with Gasteiger partial charge < -0.3 is 15.4 Å². The minimum atomic E-state index is -0.292. The van der Waals surface area contributed by atoms with Crippen LogP contribution in [0.1, 0.15) is 40.5 Å². The maximum Gasteiger partial charge on any atom is 0.239 e. The monoisotopic (exact) mass is 497 g/mol. The van der Waals surface area contributed by atoms with Crippen LogP contribution in [0.15, 0.2) is 58.8 Å². The number of hydrogen-bond donors (Lipinski definition) is 2. The highest BCUT2D eigenvalue weighted by Gasteiger charge is 2.21. The van der Waals surface area contributed by atoms with E-state index in [1.165, 1.54) is 23.1 Å². The second kappa shape index (κ2) is 11.5. The lowest BCUT2D eigenvalue weighted by Crippen LogP contribution is -2.24. The highest BCUT2D eigenvalue weighted by molar-refractivity contribution is 8.00. The van der Waals surface area contributed by atoms with E-state index in [0.29, 0.717) is 18.0 Å². The number of carbonyl (C=O) groups excluding carboxylic acids is 2. The van der Waals surface area contributed by atoms with Crippen molar-refractivity contribution in [3.63, 3.8) is 0 Å². The van der Waals surface area contributed by atoms with Crippen LogP contribution in [-0.4, -0.2) is 29.2 Å². The quantitative estimate of drug-likeness (QED) is 0.321. The summed E-state index contributed by atoms with van der Waals surface area (Å²) in [4.78, 5) is 30.8. The Hall–Kier alpha value is -2.84. The van der Waals surface area contributed by atoms with Crippen LogP contribution < -0.4 is 15.4 Å². The summed E-state index contributed by atoms with van der Waals surface area (Å²) in [7, 11) is 1.63. The van der Waals surface area contributed by atoms with Crippen molar-refractivity contribution < 1.29 is 14.3 Å². The predicted octanol–water partition coefficient (Wildman–Crippen LogP) is 6.70. The Bertz CT molecular complexity index is 1140. The molecule has 1 unspecified atom stereocenters. The molecule has 0 fully saturated rings. The number of aromatic nitrogens is 1. The van der Waals surface area contributed by atoms with Crippen LogP contribution >= 0.6 is 23.1 Å². The molecular formula is C26H31N3O3S2. The first kappa shape index (κ1) is 25.8. The molecular weight excluding hydrogens is 466 g/mol. The van der Waals surface area contributed by atoms with Crippen molar-refractivity contribution in [3.8, 4) is 17.0 Å². The molecule has 0 aliphatic carbocycles. The minimum Gasteiger partial charge on any atom is -0.496 e. The smallest absolute Gasteiger partial charge is 0.239 e. The number of ether oxygens (including phenoxy) is 1. The van der Waals surface area contributed by atoms with Crippen LogP contribution in [0.2, 0.25) is 0 Å². The van der Waals surface area contributed by atoms with Crippen molar-refractivity contribution >= 4 is 45.7 Å². The zero-order valence-corrected chi connectivity index (χ0v) is 21.8. The van der Waals surface area contributed by atoms with Gasteiger partial charge in [-0.3, -0.25) is 9.59 Å². The third-order valence-corrected chi connectivity index (χ3v) is 6.98. The van der Waals surface area contributed by atoms with Gasteiger partial charge in [0.1, 0.15) is 5.75 Å². The molecule has 2 amide bonds. The summed E-state index contributed by atoms with van der Waals surface area (Å²) < 4.78 is 5.42. The summed E-state index contributed by atoms with van der Waals surface area (Å²) in [5, 5.41) is 8.07. The van der Waals surface area contributed by atoms with E-state index in [2.05, 4.69) is 15.6 Å². The van der Waals surface area contributed by atoms with Gasteiger partial charge in [-0.2, -0.15) is 0 Å². The van der Waals surface area contributed by atoms with Gasteiger partial charge in [-0.15, -0.1) is 23.1 Å². The molecule has 1 aromatic heterocycles. The van der Waals surface area contributed by atoms with Crippen LogP contribution in [0, 0.1) is 5.41 Å². The maximum absolute atomic E-state index is 13.0. The lowest BCUT2D eigenvalue weighted by molar-refractivity contribution is -0.118. The Balaban J connectivity index is 1.65. The van der Waals surface area contributed by atoms with E-state index in [4.69, 9.17) is 4.74 Å². The third-order valence-electron chi connectivity index (χ3n) is 4.87. The predicted molar refractivity (Wildman–Crippen MR) is 142 cm³/mol. The Kier molecular flexibility index (Phi) is 8.74. The summed E-state index contributed by atoms with van der Waals surface area (Å²) in [6.07, 6.45) is 1.09. The van der Waals surface area contributed by atoms with Gasteiger partial charge in [-0.1, -0.05) is 45.9 Å². The SMILES string of the molecule is CCC(Sc1cccc(NC(=O)CC(C)(C)C)c1)C(=O)Nc1nc(-c2ccccc2OC)cs1. The van der Waals surface area contributed by atoms with Gasteiger partial charge >= 0.3 is 0 Å². The van der Waals surface area contributed by atoms with E-state index in [0.717, 1.165) is 27.6 Å². The maximum atomic E-state index is 13.0. The van der Waals surface area contributed by atoms with E-state index in [1.54, 1.807) is 7.11 Å². The Morgan fingerprint density at radius 1 is 1.12 bits per heavy atom. The lowest BCUT2D eigenvalue weighted by atomic mass is 9.92. The van der Waals surface area contributed by atoms with E-state index in [1.807, 2.05) is 81.6 Å². The number of benzene rings is 2. The average Bonchev–Trinajstić information content (AvgIpc) is 3.24. The number of nitrogens with one attached hydrogen (secondary N) is 2. The molecule has 0 saturated carbocycles. The lowest BCUT2D eigenvalue weighted by Gasteiger charge is -2.18. The molecule has 2 aromatic carbocycles. The Morgan fingerprint density at radius 2 is 1.88 bits per heavy atom. The molecule has 0 spiro atoms. The van der Waals surface area contributed by atoms with E-state index in [9.17, 15) is 9.59 Å². The molecule has 0 aliphatic rings. The number of thioether (sulfide) groups is 1. The molecule has 1 atom stereocenters. The van der Waals surface area contributed by atoms with E-state index < -0.39 is 0 Å². The number of thiazole rings is 1. The summed E-state index contributed by atoms with van der Waals surface area (Å²) in [6.45, 7) is 8.08. The molecule has 180 valence electrons. The Labute approximate surface area is 209 Å². The molecule has 3 rings (SSSR count). The number of anilines is 2. The molecule has 0 radical (unpaired) electrons. The first-order valence-corrected chi connectivity index (χ1v) is 12.9. The molecule has 0 saturated heterocycles. The van der Waals surface area contributed by atoms with Crippen molar-refractivity contribution in [2.24, 2.45) is 5.41 Å². The summed E-state index contributed by atoms with van der Waals surface area (Å²) in [5.74, 6) is 0.617. The van der Waals surface area contributed by atoms with Gasteiger partial charge in [0.05, 0.1) is 18.1 Å². The normalized spacial score (nSPS) is 12.1. The van der Waals surface area contributed by atoms with Crippen molar-refractivity contribution in [2.75, 3.05) is 17.7 Å². The molecule has 0 bridgehead atoms. The van der Waals surface area contributed by atoms with Gasteiger partial charge in [0.2, 0.25) is 11.8 Å². The van der Waals surface area contributed by atoms with Gasteiger partial charge in [0, 0.05) is 27.9 Å². The fourth-order valence-corrected chi connectivity index (χ4v) is 5.04. The minimum absolute atomic E-state index is 0.0194. The largest absolute Gasteiger partial charge is 0.496 e. The Morgan fingerprint density at radius 3 is 2.59 bits per heavy atom. The van der Waals surface area contributed by atoms with Crippen LogP contribution in [-0.2, 0) is 9.59 Å². The molecule has 8 heteroatoms. The van der Waals surface area contributed by atoms with Crippen molar-refractivity contribution in [1.82, 2.24) is 4.98 Å². The molecule has 1 heterocycles. The van der Waals surface area contributed by atoms with Crippen LogP contribution in [0.3, 0.4) is 0 Å². The van der Waals surface area contributed by atoms with Gasteiger partial charge in [-0.25, -0.2) is 4.98 Å². The van der Waals surface area contributed by atoms with Crippen molar-refractivity contribution in [2.45, 2.75) is 50.7 Å². The highest BCUT2D eigenvalue weighted by atomic mass is 32.2. The van der Waals surface area contributed by atoms with Crippen molar-refractivity contribution in [1.29, 1.82) is 0 Å². The summed E-state index contributed by atoms with van der Waals surface area (Å²) >= 11 is 2.86. The standard InChI is InChI=1S/C26H31N3O3S2/c1-6-22(34-18-11-9-10-17(14-18)27-23(30)15-26(2,3)4)24(31)29-25-28-20(16-33-25)19-12-7-8-13-21(19)32-5/h7-14,16,22H,6,15H2,1-5H3,(H,27,30)(H,28,29,31). The second-order valence-electron chi connectivity index (χ2n) is 9.06. The fraction of sp³-hybridized carbons (Fsp3) is 0.346. The number of methoxy groups -OCH3 is 1. The number of para-hydroxylation sites is 1. The first-order valence-electron chi connectivity index (χ1n) is 11.1. The average molecular weight is 498 g/mol. The molecule has 34 heavy (non-hydrogen) atoms. The highest BCUT2D eigenvalue weighted by Crippen LogP contribution is 2.33. The molecule has 6 nitrogen and oxygen atoms in total. The van der Waals surface area contributed by atoms with Gasteiger partial charge in [0.15, 0.2) is 5.13 Å². The molecule has 0 aliphatic heterocycles. The number of rotatable bonds is 9. The van der Waals surface area contributed by atoms with Crippen LogP contribution in [0.5, 0.6) is 5.75 Å². The van der Waals surface area contributed by atoms with Crippen LogP contribution in [0.4, 0.5) is 10.8 Å². The topological polar surface area (TPSA) is 80.3 Å². The van der Waals surface area contributed by atoms with Crippen LogP contribution in [0.25, 0.3) is 11.3 Å². The molecule has 2 N–H and O–H groups in total. The number of hydrogen-bond acceptors (Lipinski definition) is 6. The zero-order chi connectivity index (χ0) is 24.7. The summed E-state index contributed by atoms with van der Waals surface area (Å²) in [6, 6.07) is 15.3. The first-order chi connectivity index (χ1) is 16.2. The van der Waals surface area contributed by atoms with Gasteiger partial charge in [0.25, 0.3) is 0 Å². The third kappa shape index (κ3) is 7.33. The van der Waals surface area contributed by atoms with E-state index >= 15 is 0 Å². The fourth-order valence-electron chi connectivity index (χ4n) is 3.32. The van der Waals surface area contributed by atoms with Crippen molar-refractivity contribution in [3.05, 3.63) is 53.9 Å². The van der Waals surface area contributed by atoms with Gasteiger partial charge in [-0.05, 0) is 42.2 Å². The number of amides is 2. The molecule has 3 aromatic rings.